The van der Waals surface area contributed by atoms with Crippen LogP contribution in [0.5, 0.6) is 0 Å². The number of hydrogen-bond donors (Lipinski definition) is 2. The largest absolute Gasteiger partial charge is 0.391 e. The summed E-state index contributed by atoms with van der Waals surface area (Å²) in [5.74, 6) is 0.329. The van der Waals surface area contributed by atoms with Crippen molar-refractivity contribution in [2.24, 2.45) is 16.8 Å². The summed E-state index contributed by atoms with van der Waals surface area (Å²) in [6, 6.07) is 10.0. The van der Waals surface area contributed by atoms with Gasteiger partial charge in [0.15, 0.2) is 0 Å². The number of halogens is 2. The molecule has 0 aliphatic carbocycles. The minimum absolute atomic E-state index is 0. The predicted octanol–water partition coefficient (Wildman–Crippen LogP) is 1.58. The summed E-state index contributed by atoms with van der Waals surface area (Å²) >= 11 is 0. The van der Waals surface area contributed by atoms with Gasteiger partial charge in [0, 0.05) is 25.6 Å². The van der Waals surface area contributed by atoms with E-state index in [-0.39, 0.29) is 24.8 Å². The van der Waals surface area contributed by atoms with E-state index in [0.717, 1.165) is 24.4 Å². The first-order valence-corrected chi connectivity index (χ1v) is 5.53. The molecule has 0 bridgehead atoms. The van der Waals surface area contributed by atoms with Crippen LogP contribution in [0.15, 0.2) is 35.5 Å². The van der Waals surface area contributed by atoms with Crippen molar-refractivity contribution in [2.45, 2.75) is 6.61 Å². The van der Waals surface area contributed by atoms with Gasteiger partial charge in [-0.25, -0.2) is 0 Å². The van der Waals surface area contributed by atoms with E-state index in [1.54, 1.807) is 0 Å². The lowest BCUT2D eigenvalue weighted by molar-refractivity contribution is 0.129. The number of rotatable bonds is 4. The average Bonchev–Trinajstić information content (AvgIpc) is 2.78. The molecule has 6 heteroatoms. The lowest BCUT2D eigenvalue weighted by Crippen LogP contribution is -2.22. The molecule has 102 valence electrons. The Balaban J connectivity index is 0.00000144. The number of nitrogens with two attached hydrogens (primary N) is 1. The molecular weight excluding hydrogens is 273 g/mol. The zero-order valence-electron chi connectivity index (χ0n) is 10.0. The second kappa shape index (κ2) is 9.16. The smallest absolute Gasteiger partial charge is 0.142 e. The number of benzene rings is 1. The highest BCUT2D eigenvalue weighted by atomic mass is 35.5. The fourth-order valence-electron chi connectivity index (χ4n) is 1.73. The Morgan fingerprint density at radius 1 is 1.28 bits per heavy atom. The molecule has 18 heavy (non-hydrogen) atoms. The summed E-state index contributed by atoms with van der Waals surface area (Å²) in [6.07, 6.45) is 0. The normalized spacial score (nSPS) is 20.1. The third kappa shape index (κ3) is 4.82. The van der Waals surface area contributed by atoms with E-state index in [1.165, 1.54) is 0 Å². The van der Waals surface area contributed by atoms with Gasteiger partial charge in [0.05, 0.1) is 5.71 Å². The standard InChI is InChI=1S/C12H17N3O.2ClH/c13-6-11-7-14-8-12(11)15-16-9-10-4-2-1-3-5-10;;/h1-5,11,14H,6-9,13H2;2*1H. The van der Waals surface area contributed by atoms with Gasteiger partial charge in [0.25, 0.3) is 0 Å². The van der Waals surface area contributed by atoms with Crippen LogP contribution in [0.1, 0.15) is 5.56 Å². The summed E-state index contributed by atoms with van der Waals surface area (Å²) in [5.41, 5.74) is 7.78. The fraction of sp³-hybridized carbons (Fsp3) is 0.417. The van der Waals surface area contributed by atoms with Crippen LogP contribution in [0, 0.1) is 5.92 Å². The van der Waals surface area contributed by atoms with Crippen LogP contribution in [-0.2, 0) is 11.4 Å². The Labute approximate surface area is 120 Å². The fourth-order valence-corrected chi connectivity index (χ4v) is 1.73. The van der Waals surface area contributed by atoms with Gasteiger partial charge < -0.3 is 15.9 Å². The Bertz CT molecular complexity index is 360. The summed E-state index contributed by atoms with van der Waals surface area (Å²) in [6.45, 7) is 2.84. The minimum atomic E-state index is 0. The van der Waals surface area contributed by atoms with Gasteiger partial charge in [-0.05, 0) is 5.56 Å². The Hall–Kier alpha value is -0.810. The molecule has 1 aromatic rings. The van der Waals surface area contributed by atoms with E-state index < -0.39 is 0 Å². The highest BCUT2D eigenvalue weighted by molar-refractivity contribution is 5.90. The molecule has 0 amide bonds. The minimum Gasteiger partial charge on any atom is -0.391 e. The van der Waals surface area contributed by atoms with E-state index in [1.807, 2.05) is 30.3 Å². The summed E-state index contributed by atoms with van der Waals surface area (Å²) in [7, 11) is 0. The second-order valence-electron chi connectivity index (χ2n) is 3.91. The quantitative estimate of drug-likeness (QED) is 0.828. The summed E-state index contributed by atoms with van der Waals surface area (Å²) in [4.78, 5) is 5.33. The van der Waals surface area contributed by atoms with Crippen molar-refractivity contribution in [1.29, 1.82) is 0 Å². The van der Waals surface area contributed by atoms with Crippen LogP contribution >= 0.6 is 24.8 Å². The van der Waals surface area contributed by atoms with Crippen LogP contribution in [0.4, 0.5) is 0 Å². The van der Waals surface area contributed by atoms with E-state index in [0.29, 0.717) is 19.1 Å². The van der Waals surface area contributed by atoms with E-state index >= 15 is 0 Å². The lowest BCUT2D eigenvalue weighted by atomic mass is 10.1. The number of oxime groups is 1. The molecule has 4 nitrogen and oxygen atoms in total. The van der Waals surface area contributed by atoms with Crippen LogP contribution in [0.25, 0.3) is 0 Å². The van der Waals surface area contributed by atoms with Crippen LogP contribution in [0.3, 0.4) is 0 Å². The zero-order valence-corrected chi connectivity index (χ0v) is 11.7. The topological polar surface area (TPSA) is 59.6 Å². The summed E-state index contributed by atoms with van der Waals surface area (Å²) in [5, 5.41) is 7.38. The Kier molecular flexibility index (Phi) is 8.75. The zero-order chi connectivity index (χ0) is 11.2. The molecule has 0 aromatic heterocycles. The van der Waals surface area contributed by atoms with Gasteiger partial charge in [-0.3, -0.25) is 0 Å². The van der Waals surface area contributed by atoms with E-state index in [2.05, 4.69) is 10.5 Å². The SMILES string of the molecule is Cl.Cl.NCC1CNCC1=NOCc1ccccc1. The third-order valence-electron chi connectivity index (χ3n) is 2.71. The van der Waals surface area contributed by atoms with Gasteiger partial charge >= 0.3 is 0 Å². The molecule has 1 aliphatic heterocycles. The monoisotopic (exact) mass is 291 g/mol. The number of nitrogens with one attached hydrogen (secondary N) is 1. The van der Waals surface area contributed by atoms with Crippen molar-refractivity contribution >= 4 is 30.5 Å². The molecule has 1 aromatic carbocycles. The molecule has 3 N–H and O–H groups in total. The lowest BCUT2D eigenvalue weighted by Gasteiger charge is -2.06. The first-order valence-electron chi connectivity index (χ1n) is 5.53. The molecule has 1 fully saturated rings. The maximum Gasteiger partial charge on any atom is 0.142 e. The van der Waals surface area contributed by atoms with Crippen LogP contribution in [-0.4, -0.2) is 25.3 Å². The highest BCUT2D eigenvalue weighted by Gasteiger charge is 2.21. The Morgan fingerprint density at radius 2 is 2.00 bits per heavy atom. The molecule has 1 heterocycles. The van der Waals surface area contributed by atoms with Gasteiger partial charge in [0.1, 0.15) is 6.61 Å². The molecule has 1 saturated heterocycles. The molecule has 1 atom stereocenters. The Morgan fingerprint density at radius 3 is 2.67 bits per heavy atom. The number of hydrogen-bond acceptors (Lipinski definition) is 4. The highest BCUT2D eigenvalue weighted by Crippen LogP contribution is 2.06. The van der Waals surface area contributed by atoms with Crippen molar-refractivity contribution in [3.05, 3.63) is 35.9 Å². The molecule has 1 aliphatic rings. The van der Waals surface area contributed by atoms with Gasteiger partial charge in [-0.1, -0.05) is 35.5 Å². The van der Waals surface area contributed by atoms with E-state index in [9.17, 15) is 0 Å². The van der Waals surface area contributed by atoms with Crippen molar-refractivity contribution in [3.63, 3.8) is 0 Å². The van der Waals surface area contributed by atoms with Crippen molar-refractivity contribution in [2.75, 3.05) is 19.6 Å². The molecular formula is C12H19Cl2N3O. The average molecular weight is 292 g/mol. The third-order valence-corrected chi connectivity index (χ3v) is 2.71. The van der Waals surface area contributed by atoms with Gasteiger partial charge in [-0.15, -0.1) is 24.8 Å². The summed E-state index contributed by atoms with van der Waals surface area (Å²) < 4.78 is 0. The molecule has 0 saturated carbocycles. The maximum atomic E-state index is 5.63. The molecule has 1 unspecified atom stereocenters. The first kappa shape index (κ1) is 17.2. The van der Waals surface area contributed by atoms with Crippen molar-refractivity contribution < 1.29 is 4.84 Å². The molecule has 2 rings (SSSR count). The van der Waals surface area contributed by atoms with Gasteiger partial charge in [-0.2, -0.15) is 0 Å². The molecule has 0 radical (unpaired) electrons. The maximum absolute atomic E-state index is 5.63. The van der Waals surface area contributed by atoms with Crippen molar-refractivity contribution in [1.82, 2.24) is 5.32 Å². The van der Waals surface area contributed by atoms with Crippen molar-refractivity contribution in [3.8, 4) is 0 Å². The second-order valence-corrected chi connectivity index (χ2v) is 3.91. The van der Waals surface area contributed by atoms with Crippen LogP contribution in [0.2, 0.25) is 0 Å². The van der Waals surface area contributed by atoms with Gasteiger partial charge in [0.2, 0.25) is 0 Å². The predicted molar refractivity (Wildman–Crippen MR) is 78.6 cm³/mol. The van der Waals surface area contributed by atoms with Crippen LogP contribution < -0.4 is 11.1 Å². The molecule has 0 spiro atoms. The number of nitrogens with zero attached hydrogens (tertiary/aromatic N) is 1. The van der Waals surface area contributed by atoms with E-state index in [4.69, 9.17) is 10.6 Å². The first-order chi connectivity index (χ1) is 7.90.